The Labute approximate surface area is 114 Å². The third kappa shape index (κ3) is 1.80. The normalized spacial score (nSPS) is 11.1. The van der Waals surface area contributed by atoms with Gasteiger partial charge in [0.2, 0.25) is 0 Å². The molecule has 0 amide bonds. The number of thiophene rings is 1. The quantitative estimate of drug-likeness (QED) is 0.605. The molecule has 0 atom stereocenters. The second-order valence-corrected chi connectivity index (χ2v) is 5.51. The zero-order valence-electron chi connectivity index (χ0n) is 10.1. The van der Waals surface area contributed by atoms with E-state index in [4.69, 9.17) is 11.6 Å². The number of aryl methyl sites for hydroxylation is 2. The molecular formula is C14H11ClN2S. The third-order valence-electron chi connectivity index (χ3n) is 2.95. The zero-order valence-corrected chi connectivity index (χ0v) is 11.6. The van der Waals surface area contributed by atoms with E-state index in [1.54, 1.807) is 11.3 Å². The molecule has 0 unspecified atom stereocenters. The van der Waals surface area contributed by atoms with Gasteiger partial charge in [0.05, 0.1) is 10.4 Å². The van der Waals surface area contributed by atoms with Gasteiger partial charge in [0.15, 0.2) is 5.82 Å². The number of nitrogens with zero attached hydrogens (tertiary/aromatic N) is 2. The largest absolute Gasteiger partial charge is 0.227 e. The van der Waals surface area contributed by atoms with E-state index < -0.39 is 0 Å². The molecule has 0 spiro atoms. The molecule has 0 N–H and O–H groups in total. The lowest BCUT2D eigenvalue weighted by Gasteiger charge is -2.06. The van der Waals surface area contributed by atoms with Gasteiger partial charge in [0.25, 0.3) is 0 Å². The van der Waals surface area contributed by atoms with Crippen LogP contribution in [0, 0.1) is 13.8 Å². The topological polar surface area (TPSA) is 25.8 Å². The van der Waals surface area contributed by atoms with Crippen LogP contribution in [0.25, 0.3) is 21.6 Å². The lowest BCUT2D eigenvalue weighted by molar-refractivity contribution is 1.22. The van der Waals surface area contributed by atoms with Crippen molar-refractivity contribution in [3.05, 3.63) is 45.9 Å². The first-order valence-corrected chi connectivity index (χ1v) is 6.90. The number of benzene rings is 1. The van der Waals surface area contributed by atoms with Crippen LogP contribution in [0.2, 0.25) is 5.15 Å². The molecule has 2 aromatic heterocycles. The number of rotatable bonds is 1. The highest BCUT2D eigenvalue weighted by molar-refractivity contribution is 7.13. The number of fused-ring (bicyclic) bond motifs is 1. The van der Waals surface area contributed by atoms with E-state index in [0.29, 0.717) is 11.0 Å². The van der Waals surface area contributed by atoms with Crippen molar-refractivity contribution in [3.8, 4) is 10.7 Å². The van der Waals surface area contributed by atoms with Crippen molar-refractivity contribution in [2.24, 2.45) is 0 Å². The smallest absolute Gasteiger partial charge is 0.171 e. The molecule has 0 aliphatic rings. The summed E-state index contributed by atoms with van der Waals surface area (Å²) in [5.41, 5.74) is 3.19. The number of hydrogen-bond donors (Lipinski definition) is 0. The van der Waals surface area contributed by atoms with Gasteiger partial charge in [0.1, 0.15) is 5.15 Å². The number of hydrogen-bond acceptors (Lipinski definition) is 3. The minimum Gasteiger partial charge on any atom is -0.227 e. The fourth-order valence-corrected chi connectivity index (χ4v) is 3.19. The molecule has 1 aromatic carbocycles. The third-order valence-corrected chi connectivity index (χ3v) is 4.24. The molecule has 3 rings (SSSR count). The lowest BCUT2D eigenvalue weighted by atomic mass is 10.1. The van der Waals surface area contributed by atoms with Crippen LogP contribution in [0.15, 0.2) is 29.6 Å². The van der Waals surface area contributed by atoms with Gasteiger partial charge in [-0.25, -0.2) is 9.97 Å². The predicted molar refractivity (Wildman–Crippen MR) is 77.3 cm³/mol. The highest BCUT2D eigenvalue weighted by Gasteiger charge is 2.11. The molecule has 3 aromatic rings. The summed E-state index contributed by atoms with van der Waals surface area (Å²) in [7, 11) is 0. The summed E-state index contributed by atoms with van der Waals surface area (Å²) in [6, 6.07) is 8.06. The van der Waals surface area contributed by atoms with Gasteiger partial charge in [-0.05, 0) is 42.5 Å². The number of aromatic nitrogens is 2. The maximum Gasteiger partial charge on any atom is 0.171 e. The van der Waals surface area contributed by atoms with Crippen LogP contribution in [0.4, 0.5) is 0 Å². The van der Waals surface area contributed by atoms with Crippen molar-refractivity contribution in [3.63, 3.8) is 0 Å². The summed E-state index contributed by atoms with van der Waals surface area (Å²) in [5, 5.41) is 3.51. The van der Waals surface area contributed by atoms with E-state index in [1.807, 2.05) is 30.5 Å². The Hall–Kier alpha value is -1.45. The first-order chi connectivity index (χ1) is 8.66. The van der Waals surface area contributed by atoms with Crippen molar-refractivity contribution in [1.29, 1.82) is 0 Å². The van der Waals surface area contributed by atoms with Crippen molar-refractivity contribution in [2.45, 2.75) is 13.8 Å². The van der Waals surface area contributed by atoms with Crippen LogP contribution in [-0.4, -0.2) is 9.97 Å². The van der Waals surface area contributed by atoms with E-state index in [9.17, 15) is 0 Å². The number of halogens is 1. The van der Waals surface area contributed by atoms with E-state index >= 15 is 0 Å². The van der Waals surface area contributed by atoms with Gasteiger partial charge >= 0.3 is 0 Å². The van der Waals surface area contributed by atoms with Gasteiger partial charge in [0, 0.05) is 5.39 Å². The molecule has 90 valence electrons. The Morgan fingerprint density at radius 3 is 2.61 bits per heavy atom. The van der Waals surface area contributed by atoms with Crippen molar-refractivity contribution < 1.29 is 0 Å². The molecule has 0 saturated carbocycles. The second kappa shape index (κ2) is 4.34. The molecule has 2 heterocycles. The summed E-state index contributed by atoms with van der Waals surface area (Å²) in [6.07, 6.45) is 0. The monoisotopic (exact) mass is 274 g/mol. The maximum atomic E-state index is 6.29. The second-order valence-electron chi connectivity index (χ2n) is 4.24. The summed E-state index contributed by atoms with van der Waals surface area (Å²) < 4.78 is 0. The van der Waals surface area contributed by atoms with Crippen molar-refractivity contribution in [1.82, 2.24) is 9.97 Å². The Morgan fingerprint density at radius 2 is 1.89 bits per heavy atom. The average Bonchev–Trinajstić information content (AvgIpc) is 2.75. The summed E-state index contributed by atoms with van der Waals surface area (Å²) >= 11 is 7.93. The SMILES string of the molecule is Cc1ccsc1-c1nc(Cl)c2c(C)cccc2n1. The van der Waals surface area contributed by atoms with Crippen LogP contribution in [-0.2, 0) is 0 Å². The first kappa shape index (κ1) is 11.6. The van der Waals surface area contributed by atoms with Crippen LogP contribution < -0.4 is 0 Å². The lowest BCUT2D eigenvalue weighted by Crippen LogP contribution is -1.92. The van der Waals surface area contributed by atoms with Crippen molar-refractivity contribution in [2.75, 3.05) is 0 Å². The molecule has 0 saturated heterocycles. The van der Waals surface area contributed by atoms with Gasteiger partial charge < -0.3 is 0 Å². The summed E-state index contributed by atoms with van der Waals surface area (Å²) in [4.78, 5) is 10.1. The van der Waals surface area contributed by atoms with E-state index in [1.165, 1.54) is 5.56 Å². The molecule has 0 bridgehead atoms. The van der Waals surface area contributed by atoms with Crippen LogP contribution in [0.3, 0.4) is 0 Å². The standard InChI is InChI=1S/C14H11ClN2S/c1-8-4-3-5-10-11(8)13(15)17-14(16-10)12-9(2)6-7-18-12/h3-7H,1-2H3. The van der Waals surface area contributed by atoms with Crippen molar-refractivity contribution >= 4 is 33.8 Å². The Kier molecular flexibility index (Phi) is 2.80. The Morgan fingerprint density at radius 1 is 1.06 bits per heavy atom. The zero-order chi connectivity index (χ0) is 12.7. The highest BCUT2D eigenvalue weighted by atomic mass is 35.5. The predicted octanol–water partition coefficient (Wildman–Crippen LogP) is 4.63. The first-order valence-electron chi connectivity index (χ1n) is 5.64. The summed E-state index contributed by atoms with van der Waals surface area (Å²) in [5.74, 6) is 0.714. The fraction of sp³-hybridized carbons (Fsp3) is 0.143. The van der Waals surface area contributed by atoms with Crippen LogP contribution >= 0.6 is 22.9 Å². The molecule has 0 radical (unpaired) electrons. The van der Waals surface area contributed by atoms with Gasteiger partial charge in [-0.1, -0.05) is 23.7 Å². The maximum absolute atomic E-state index is 6.29. The fourth-order valence-electron chi connectivity index (χ4n) is 2.01. The summed E-state index contributed by atoms with van der Waals surface area (Å²) in [6.45, 7) is 4.08. The molecule has 18 heavy (non-hydrogen) atoms. The Balaban J connectivity index is 2.32. The van der Waals surface area contributed by atoms with Gasteiger partial charge in [-0.3, -0.25) is 0 Å². The molecule has 0 aliphatic heterocycles. The minimum atomic E-state index is 0.529. The van der Waals surface area contributed by atoms with Crippen LogP contribution in [0.1, 0.15) is 11.1 Å². The average molecular weight is 275 g/mol. The van der Waals surface area contributed by atoms with Gasteiger partial charge in [-0.15, -0.1) is 11.3 Å². The molecule has 0 fully saturated rings. The van der Waals surface area contributed by atoms with Gasteiger partial charge in [-0.2, -0.15) is 0 Å². The Bertz CT molecular complexity index is 734. The molecular weight excluding hydrogens is 264 g/mol. The molecule has 0 aliphatic carbocycles. The van der Waals surface area contributed by atoms with Crippen LogP contribution in [0.5, 0.6) is 0 Å². The minimum absolute atomic E-state index is 0.529. The van der Waals surface area contributed by atoms with E-state index in [2.05, 4.69) is 23.0 Å². The van der Waals surface area contributed by atoms with E-state index in [0.717, 1.165) is 21.3 Å². The van der Waals surface area contributed by atoms with E-state index in [-0.39, 0.29) is 0 Å². The molecule has 2 nitrogen and oxygen atoms in total. The molecule has 4 heteroatoms. The highest BCUT2D eigenvalue weighted by Crippen LogP contribution is 2.31.